The number of imidazole rings is 1. The minimum atomic E-state index is -4.38. The Labute approximate surface area is 177 Å². The number of amides is 2. The maximum atomic E-state index is 13.3. The van der Waals surface area contributed by atoms with Crippen molar-refractivity contribution in [1.82, 2.24) is 19.9 Å². The molecule has 0 spiro atoms. The number of aromatic nitrogens is 3. The van der Waals surface area contributed by atoms with E-state index in [0.29, 0.717) is 24.1 Å². The molecule has 2 aromatic heterocycles. The van der Waals surface area contributed by atoms with E-state index in [0.717, 1.165) is 16.7 Å². The maximum Gasteiger partial charge on any atom is 0.412 e. The molecule has 2 amide bonds. The average Bonchev–Trinajstić information content (AvgIpc) is 3.14. The second kappa shape index (κ2) is 7.72. The summed E-state index contributed by atoms with van der Waals surface area (Å²) in [5.74, 6) is 0. The molecular weight excluding hydrogens is 407 g/mol. The van der Waals surface area contributed by atoms with Crippen molar-refractivity contribution in [3.63, 3.8) is 0 Å². The summed E-state index contributed by atoms with van der Waals surface area (Å²) in [4.78, 5) is 20.8. The third-order valence-corrected chi connectivity index (χ3v) is 5.64. The summed E-state index contributed by atoms with van der Waals surface area (Å²) in [7, 11) is 0. The minimum Gasteiger partial charge on any atom is -0.332 e. The Morgan fingerprint density at radius 1 is 1.19 bits per heavy atom. The summed E-state index contributed by atoms with van der Waals surface area (Å²) in [6, 6.07) is 8.45. The van der Waals surface area contributed by atoms with Crippen LogP contribution in [0.1, 0.15) is 33.1 Å². The van der Waals surface area contributed by atoms with Crippen molar-refractivity contribution in [3.05, 3.63) is 60.2 Å². The number of carbonyl (C=O) groups excluding carboxylic acids is 1. The number of alkyl halides is 3. The van der Waals surface area contributed by atoms with Gasteiger partial charge in [-0.3, -0.25) is 9.55 Å². The molecule has 3 aromatic rings. The molecular formula is C22H22F3N5O. The maximum absolute atomic E-state index is 13.3. The van der Waals surface area contributed by atoms with E-state index in [-0.39, 0.29) is 6.42 Å². The number of urea groups is 1. The molecule has 0 saturated heterocycles. The lowest BCUT2D eigenvalue weighted by Gasteiger charge is -2.37. The molecule has 162 valence electrons. The van der Waals surface area contributed by atoms with Crippen LogP contribution in [0.25, 0.3) is 16.7 Å². The zero-order valence-corrected chi connectivity index (χ0v) is 17.1. The van der Waals surface area contributed by atoms with Crippen molar-refractivity contribution in [2.45, 2.75) is 44.8 Å². The van der Waals surface area contributed by atoms with E-state index < -0.39 is 23.3 Å². The predicted molar refractivity (Wildman–Crippen MR) is 112 cm³/mol. The molecule has 1 aliphatic carbocycles. The molecule has 9 heteroatoms. The molecule has 2 heterocycles. The summed E-state index contributed by atoms with van der Waals surface area (Å²) in [6.07, 6.45) is 1.19. The summed E-state index contributed by atoms with van der Waals surface area (Å²) in [6.45, 7) is 3.15. The molecule has 0 aliphatic heterocycles. The van der Waals surface area contributed by atoms with E-state index >= 15 is 0 Å². The minimum absolute atomic E-state index is 0.239. The first-order valence-electron chi connectivity index (χ1n) is 9.87. The lowest BCUT2D eigenvalue weighted by atomic mass is 9.79. The van der Waals surface area contributed by atoms with Gasteiger partial charge in [-0.1, -0.05) is 5.57 Å². The van der Waals surface area contributed by atoms with Crippen molar-refractivity contribution >= 4 is 22.8 Å². The highest BCUT2D eigenvalue weighted by molar-refractivity contribution is 5.90. The fraction of sp³-hybridized carbons (Fsp3) is 0.318. The van der Waals surface area contributed by atoms with Crippen molar-refractivity contribution in [3.8, 4) is 5.69 Å². The van der Waals surface area contributed by atoms with Crippen LogP contribution in [0.15, 0.2) is 60.2 Å². The van der Waals surface area contributed by atoms with Crippen LogP contribution in [0.5, 0.6) is 0 Å². The highest BCUT2D eigenvalue weighted by atomic mass is 19.4. The van der Waals surface area contributed by atoms with E-state index in [1.165, 1.54) is 6.92 Å². The normalized spacial score (nSPS) is 19.5. The van der Waals surface area contributed by atoms with E-state index in [1.807, 2.05) is 22.8 Å². The van der Waals surface area contributed by atoms with Gasteiger partial charge in [-0.15, -0.1) is 0 Å². The quantitative estimate of drug-likeness (QED) is 0.551. The van der Waals surface area contributed by atoms with Gasteiger partial charge >= 0.3 is 12.2 Å². The molecule has 0 bridgehead atoms. The van der Waals surface area contributed by atoms with Gasteiger partial charge in [0.15, 0.2) is 0 Å². The van der Waals surface area contributed by atoms with Crippen LogP contribution in [0, 0.1) is 0 Å². The molecule has 0 fully saturated rings. The zero-order chi connectivity index (χ0) is 22.2. The first-order chi connectivity index (χ1) is 14.6. The Hall–Kier alpha value is -3.36. The van der Waals surface area contributed by atoms with Gasteiger partial charge < -0.3 is 10.6 Å². The van der Waals surface area contributed by atoms with E-state index in [4.69, 9.17) is 0 Å². The number of fused-ring (bicyclic) bond motifs is 1. The van der Waals surface area contributed by atoms with Crippen LogP contribution in [-0.2, 0) is 0 Å². The van der Waals surface area contributed by atoms with E-state index in [9.17, 15) is 18.0 Å². The largest absolute Gasteiger partial charge is 0.412 e. The van der Waals surface area contributed by atoms with Crippen molar-refractivity contribution < 1.29 is 18.0 Å². The van der Waals surface area contributed by atoms with Gasteiger partial charge in [0.1, 0.15) is 11.8 Å². The number of nitrogens with one attached hydrogen (secondary N) is 2. The van der Waals surface area contributed by atoms with Crippen LogP contribution < -0.4 is 10.6 Å². The molecule has 1 unspecified atom stereocenters. The van der Waals surface area contributed by atoms with Crippen LogP contribution in [0.2, 0.25) is 0 Å². The monoisotopic (exact) mass is 429 g/mol. The number of allylic oxidation sites excluding steroid dienone is 1. The van der Waals surface area contributed by atoms with Crippen molar-refractivity contribution in [2.24, 2.45) is 0 Å². The standard InChI is InChI=1S/C22H22F3N5O/c1-14-7-9-21(2,11-17(14)22(23,24)25)29-20(31)28-15-3-5-16(6-4-15)30-13-27-18-12-26-10-8-19(18)30/h3-6,8,10,12-13H,7,9,11H2,1-2H3,(H2,28,29,31). The first-order valence-corrected chi connectivity index (χ1v) is 9.87. The number of benzene rings is 1. The molecule has 2 N–H and O–H groups in total. The zero-order valence-electron chi connectivity index (χ0n) is 17.1. The number of halogens is 3. The van der Waals surface area contributed by atoms with Crippen LogP contribution in [0.3, 0.4) is 0 Å². The summed E-state index contributed by atoms with van der Waals surface area (Å²) in [5, 5.41) is 5.43. The smallest absolute Gasteiger partial charge is 0.332 e. The topological polar surface area (TPSA) is 71.8 Å². The molecule has 31 heavy (non-hydrogen) atoms. The molecule has 0 saturated carbocycles. The summed E-state index contributed by atoms with van der Waals surface area (Å²) in [5.41, 5.74) is 1.90. The van der Waals surface area contributed by atoms with E-state index in [1.54, 1.807) is 37.8 Å². The fourth-order valence-corrected chi connectivity index (χ4v) is 3.90. The molecule has 1 aromatic carbocycles. The molecule has 1 atom stereocenters. The Morgan fingerprint density at radius 3 is 2.65 bits per heavy atom. The van der Waals surface area contributed by atoms with Gasteiger partial charge in [0.05, 0.1) is 11.7 Å². The molecule has 6 nitrogen and oxygen atoms in total. The number of pyridine rings is 1. The number of rotatable bonds is 3. The van der Waals surface area contributed by atoms with Gasteiger partial charge in [0, 0.05) is 35.1 Å². The second-order valence-electron chi connectivity index (χ2n) is 8.10. The van der Waals surface area contributed by atoms with E-state index in [2.05, 4.69) is 20.6 Å². The van der Waals surface area contributed by atoms with Gasteiger partial charge in [-0.25, -0.2) is 9.78 Å². The highest BCUT2D eigenvalue weighted by Gasteiger charge is 2.43. The molecule has 4 rings (SSSR count). The van der Waals surface area contributed by atoms with Gasteiger partial charge in [0.2, 0.25) is 0 Å². The number of nitrogens with zero attached hydrogens (tertiary/aromatic N) is 3. The van der Waals surface area contributed by atoms with Gasteiger partial charge in [-0.05, 0) is 57.0 Å². The Kier molecular flexibility index (Phi) is 5.20. The lowest BCUT2D eigenvalue weighted by molar-refractivity contribution is -0.0982. The Bertz CT molecular complexity index is 1150. The Balaban J connectivity index is 1.43. The first kappa shape index (κ1) is 20.9. The SMILES string of the molecule is CC1=C(C(F)(F)F)CC(C)(NC(=O)Nc2ccc(-n3cnc4cnccc43)cc2)CC1. The third-order valence-electron chi connectivity index (χ3n) is 5.64. The Morgan fingerprint density at radius 2 is 1.94 bits per heavy atom. The number of hydrogen-bond acceptors (Lipinski definition) is 3. The fourth-order valence-electron chi connectivity index (χ4n) is 3.90. The lowest BCUT2D eigenvalue weighted by Crippen LogP contribution is -2.50. The second-order valence-corrected chi connectivity index (χ2v) is 8.10. The predicted octanol–water partition coefficient (Wildman–Crippen LogP) is 5.36. The molecule has 1 aliphatic rings. The van der Waals surface area contributed by atoms with Crippen LogP contribution >= 0.6 is 0 Å². The van der Waals surface area contributed by atoms with Crippen LogP contribution in [0.4, 0.5) is 23.7 Å². The number of anilines is 1. The average molecular weight is 429 g/mol. The number of hydrogen-bond donors (Lipinski definition) is 2. The van der Waals surface area contributed by atoms with Crippen LogP contribution in [-0.4, -0.2) is 32.3 Å². The van der Waals surface area contributed by atoms with Gasteiger partial charge in [0.25, 0.3) is 0 Å². The number of carbonyl (C=O) groups is 1. The summed E-state index contributed by atoms with van der Waals surface area (Å²) < 4.78 is 41.7. The third kappa shape index (κ3) is 4.40. The molecule has 0 radical (unpaired) electrons. The van der Waals surface area contributed by atoms with Crippen molar-refractivity contribution in [2.75, 3.05) is 5.32 Å². The highest BCUT2D eigenvalue weighted by Crippen LogP contribution is 2.41. The summed E-state index contributed by atoms with van der Waals surface area (Å²) >= 11 is 0. The van der Waals surface area contributed by atoms with Gasteiger partial charge in [-0.2, -0.15) is 13.2 Å². The van der Waals surface area contributed by atoms with Crippen molar-refractivity contribution in [1.29, 1.82) is 0 Å².